The SMILES string of the molecule is COc1cccc(NC(=O)c2oc3c(c2C)/C(=N/NC(=O)C(c2ccccc2)c2ccccc2)CCC3)c1. The second kappa shape index (κ2) is 11.2. The highest BCUT2D eigenvalue weighted by atomic mass is 16.5. The largest absolute Gasteiger partial charge is 0.497 e. The van der Waals surface area contributed by atoms with Crippen LogP contribution >= 0.6 is 0 Å². The number of amides is 2. The third-order valence-corrected chi connectivity index (χ3v) is 6.69. The Kier molecular flexibility index (Phi) is 7.35. The van der Waals surface area contributed by atoms with Crippen LogP contribution in [0.3, 0.4) is 0 Å². The van der Waals surface area contributed by atoms with Gasteiger partial charge in [-0.15, -0.1) is 0 Å². The first kappa shape index (κ1) is 25.0. The molecule has 0 spiro atoms. The molecule has 0 radical (unpaired) electrons. The van der Waals surface area contributed by atoms with Crippen molar-refractivity contribution in [2.45, 2.75) is 32.1 Å². The van der Waals surface area contributed by atoms with Crippen molar-refractivity contribution in [3.05, 3.63) is 119 Å². The van der Waals surface area contributed by atoms with Gasteiger partial charge >= 0.3 is 0 Å². The summed E-state index contributed by atoms with van der Waals surface area (Å²) in [7, 11) is 1.58. The number of hydrogen-bond acceptors (Lipinski definition) is 5. The summed E-state index contributed by atoms with van der Waals surface area (Å²) in [5.41, 5.74) is 7.39. The standard InChI is InChI=1S/C31H29N3O4/c1-20-27-25(33-34-30(35)28(21-11-5-3-6-12-21)22-13-7-4-8-14-22)17-10-18-26(27)38-29(20)31(36)32-23-15-9-16-24(19-23)37-2/h3-9,11-16,19,28H,10,17-18H2,1-2H3,(H,32,36)(H,34,35)/b33-25+. The Morgan fingerprint density at radius 1 is 0.921 bits per heavy atom. The highest BCUT2D eigenvalue weighted by Crippen LogP contribution is 2.31. The first-order chi connectivity index (χ1) is 18.5. The number of nitrogens with zero attached hydrogens (tertiary/aromatic N) is 1. The van der Waals surface area contributed by atoms with Crippen LogP contribution in [0.15, 0.2) is 94.4 Å². The average molecular weight is 508 g/mol. The summed E-state index contributed by atoms with van der Waals surface area (Å²) in [6.45, 7) is 1.85. The zero-order valence-corrected chi connectivity index (χ0v) is 21.4. The van der Waals surface area contributed by atoms with Crippen LogP contribution in [0.2, 0.25) is 0 Å². The van der Waals surface area contributed by atoms with E-state index in [0.29, 0.717) is 41.3 Å². The average Bonchev–Trinajstić information content (AvgIpc) is 3.30. The van der Waals surface area contributed by atoms with Gasteiger partial charge in [-0.3, -0.25) is 9.59 Å². The topological polar surface area (TPSA) is 92.9 Å². The van der Waals surface area contributed by atoms with Gasteiger partial charge in [0.2, 0.25) is 0 Å². The third-order valence-electron chi connectivity index (χ3n) is 6.69. The molecular formula is C31H29N3O4. The molecule has 2 N–H and O–H groups in total. The molecule has 192 valence electrons. The van der Waals surface area contributed by atoms with E-state index in [4.69, 9.17) is 9.15 Å². The molecule has 1 aliphatic carbocycles. The molecule has 1 heterocycles. The fraction of sp³-hybridized carbons (Fsp3) is 0.194. The van der Waals surface area contributed by atoms with Crippen molar-refractivity contribution in [1.29, 1.82) is 0 Å². The normalized spacial score (nSPS) is 13.7. The summed E-state index contributed by atoms with van der Waals surface area (Å²) >= 11 is 0. The van der Waals surface area contributed by atoms with Gasteiger partial charge in [0, 0.05) is 29.3 Å². The minimum absolute atomic E-state index is 0.223. The number of anilines is 1. The van der Waals surface area contributed by atoms with Gasteiger partial charge in [-0.1, -0.05) is 66.7 Å². The summed E-state index contributed by atoms with van der Waals surface area (Å²) in [5.74, 6) is 0.526. The van der Waals surface area contributed by atoms with E-state index < -0.39 is 5.92 Å². The lowest BCUT2D eigenvalue weighted by Crippen LogP contribution is -2.28. The second-order valence-corrected chi connectivity index (χ2v) is 9.18. The third kappa shape index (κ3) is 5.22. The molecule has 3 aromatic carbocycles. The number of carbonyl (C=O) groups excluding carboxylic acids is 2. The Balaban J connectivity index is 1.40. The first-order valence-electron chi connectivity index (χ1n) is 12.6. The molecule has 5 rings (SSSR count). The number of furan rings is 1. The van der Waals surface area contributed by atoms with E-state index in [9.17, 15) is 9.59 Å². The van der Waals surface area contributed by atoms with Gasteiger partial charge in [0.1, 0.15) is 11.5 Å². The molecule has 1 aromatic heterocycles. The highest BCUT2D eigenvalue weighted by molar-refractivity contribution is 6.09. The van der Waals surface area contributed by atoms with Gasteiger partial charge in [-0.2, -0.15) is 5.10 Å². The van der Waals surface area contributed by atoms with E-state index >= 15 is 0 Å². The van der Waals surface area contributed by atoms with Crippen LogP contribution in [0.4, 0.5) is 5.69 Å². The van der Waals surface area contributed by atoms with Crippen molar-refractivity contribution >= 4 is 23.2 Å². The van der Waals surface area contributed by atoms with Crippen molar-refractivity contribution in [2.75, 3.05) is 12.4 Å². The lowest BCUT2D eigenvalue weighted by atomic mass is 9.90. The summed E-state index contributed by atoms with van der Waals surface area (Å²) in [5, 5.41) is 7.42. The van der Waals surface area contributed by atoms with Crippen molar-refractivity contribution in [3.8, 4) is 5.75 Å². The lowest BCUT2D eigenvalue weighted by Gasteiger charge is -2.18. The number of aryl methyl sites for hydroxylation is 1. The Labute approximate surface area is 221 Å². The molecule has 0 saturated carbocycles. The molecule has 0 aliphatic heterocycles. The number of hydrazone groups is 1. The number of methoxy groups -OCH3 is 1. The molecule has 0 atom stereocenters. The van der Waals surface area contributed by atoms with Crippen LogP contribution in [0.25, 0.3) is 0 Å². The molecule has 38 heavy (non-hydrogen) atoms. The summed E-state index contributed by atoms with van der Waals surface area (Å²) in [6.07, 6.45) is 2.19. The number of fused-ring (bicyclic) bond motifs is 1. The van der Waals surface area contributed by atoms with E-state index in [2.05, 4.69) is 15.8 Å². The molecule has 0 unspecified atom stereocenters. The zero-order chi connectivity index (χ0) is 26.5. The van der Waals surface area contributed by atoms with E-state index in [-0.39, 0.29) is 17.6 Å². The smallest absolute Gasteiger partial charge is 0.291 e. The van der Waals surface area contributed by atoms with E-state index in [0.717, 1.165) is 23.1 Å². The molecule has 0 saturated heterocycles. The van der Waals surface area contributed by atoms with Gasteiger partial charge in [-0.05, 0) is 43.0 Å². The number of benzene rings is 3. The minimum atomic E-state index is -0.500. The van der Waals surface area contributed by atoms with Crippen molar-refractivity contribution in [1.82, 2.24) is 5.43 Å². The van der Waals surface area contributed by atoms with Gasteiger partial charge in [-0.25, -0.2) is 5.43 Å². The van der Waals surface area contributed by atoms with Gasteiger partial charge in [0.25, 0.3) is 11.8 Å². The van der Waals surface area contributed by atoms with E-state index in [1.54, 1.807) is 25.3 Å². The maximum absolute atomic E-state index is 13.4. The van der Waals surface area contributed by atoms with Crippen molar-refractivity contribution in [3.63, 3.8) is 0 Å². The summed E-state index contributed by atoms with van der Waals surface area (Å²) in [4.78, 5) is 26.5. The zero-order valence-electron chi connectivity index (χ0n) is 21.4. The number of rotatable bonds is 7. The minimum Gasteiger partial charge on any atom is -0.497 e. The van der Waals surface area contributed by atoms with Gasteiger partial charge in [0.15, 0.2) is 5.76 Å². The van der Waals surface area contributed by atoms with Crippen LogP contribution in [-0.4, -0.2) is 24.6 Å². The predicted molar refractivity (Wildman–Crippen MR) is 147 cm³/mol. The fourth-order valence-electron chi connectivity index (χ4n) is 4.86. The molecular weight excluding hydrogens is 478 g/mol. The van der Waals surface area contributed by atoms with E-state index in [1.807, 2.05) is 73.7 Å². The Morgan fingerprint density at radius 2 is 1.61 bits per heavy atom. The Morgan fingerprint density at radius 3 is 2.26 bits per heavy atom. The predicted octanol–water partition coefficient (Wildman–Crippen LogP) is 5.84. The monoisotopic (exact) mass is 507 g/mol. The fourth-order valence-corrected chi connectivity index (χ4v) is 4.86. The van der Waals surface area contributed by atoms with Gasteiger partial charge < -0.3 is 14.5 Å². The van der Waals surface area contributed by atoms with Crippen molar-refractivity contribution < 1.29 is 18.7 Å². The Bertz CT molecular complexity index is 1440. The summed E-state index contributed by atoms with van der Waals surface area (Å²) in [6, 6.07) is 26.5. The first-order valence-corrected chi connectivity index (χ1v) is 12.6. The lowest BCUT2D eigenvalue weighted by molar-refractivity contribution is -0.121. The molecule has 2 amide bonds. The van der Waals surface area contributed by atoms with Crippen molar-refractivity contribution in [2.24, 2.45) is 5.10 Å². The quantitative estimate of drug-likeness (QED) is 0.308. The number of nitrogens with one attached hydrogen (secondary N) is 2. The molecule has 4 aromatic rings. The van der Waals surface area contributed by atoms with Crippen LogP contribution < -0.4 is 15.5 Å². The number of ether oxygens (including phenoxy) is 1. The van der Waals surface area contributed by atoms with Crippen LogP contribution in [0.5, 0.6) is 5.75 Å². The van der Waals surface area contributed by atoms with Crippen LogP contribution in [0, 0.1) is 6.92 Å². The maximum atomic E-state index is 13.4. The van der Waals surface area contributed by atoms with Gasteiger partial charge in [0.05, 0.1) is 18.7 Å². The number of carbonyl (C=O) groups is 2. The summed E-state index contributed by atoms with van der Waals surface area (Å²) < 4.78 is 11.3. The molecule has 7 heteroatoms. The maximum Gasteiger partial charge on any atom is 0.291 e. The van der Waals surface area contributed by atoms with E-state index in [1.165, 1.54) is 0 Å². The van der Waals surface area contributed by atoms with Crippen LogP contribution in [-0.2, 0) is 11.2 Å². The highest BCUT2D eigenvalue weighted by Gasteiger charge is 2.29. The molecule has 1 aliphatic rings. The molecule has 0 fully saturated rings. The molecule has 0 bridgehead atoms. The Hall–Kier alpha value is -4.65. The van der Waals surface area contributed by atoms with Crippen LogP contribution in [0.1, 0.15) is 57.3 Å². The number of hydrogen-bond donors (Lipinski definition) is 2. The second-order valence-electron chi connectivity index (χ2n) is 9.18. The molecule has 7 nitrogen and oxygen atoms in total.